The molecule has 4 nitrogen and oxygen atoms in total. The lowest BCUT2D eigenvalue weighted by Crippen LogP contribution is -2.34. The Labute approximate surface area is 155 Å². The molecular weight excluding hydrogens is 324 g/mol. The molecule has 0 saturated carbocycles. The minimum absolute atomic E-state index is 0.0936. The molecule has 136 valence electrons. The van der Waals surface area contributed by atoms with Crippen molar-refractivity contribution in [3.63, 3.8) is 0 Å². The number of carboxylic acids is 1. The predicted octanol–water partition coefficient (Wildman–Crippen LogP) is 5.00. The summed E-state index contributed by atoms with van der Waals surface area (Å²) in [6.45, 7) is 11.4. The van der Waals surface area contributed by atoms with Gasteiger partial charge in [0.15, 0.2) is 5.82 Å². The molecule has 4 heteroatoms. The summed E-state index contributed by atoms with van der Waals surface area (Å²) >= 11 is 0. The van der Waals surface area contributed by atoms with Crippen molar-refractivity contribution in [2.24, 2.45) is 0 Å². The van der Waals surface area contributed by atoms with Crippen LogP contribution in [0.5, 0.6) is 0 Å². The van der Waals surface area contributed by atoms with Gasteiger partial charge in [-0.25, -0.2) is 14.8 Å². The Morgan fingerprint density at radius 3 is 2.08 bits per heavy atom. The second kappa shape index (κ2) is 6.35. The summed E-state index contributed by atoms with van der Waals surface area (Å²) in [5.41, 5.74) is 5.71. The number of nitrogens with zero attached hydrogens (tertiary/aromatic N) is 2. The van der Waals surface area contributed by atoms with E-state index in [0.29, 0.717) is 5.82 Å². The van der Waals surface area contributed by atoms with Crippen LogP contribution in [-0.2, 0) is 10.8 Å². The SMILES string of the molecule is Cc1cc2c(cc1C=Cc1ncc(C(=O)O)cn1)C(C)(C)CCC2(C)C. The molecule has 0 atom stereocenters. The van der Waals surface area contributed by atoms with E-state index < -0.39 is 5.97 Å². The van der Waals surface area contributed by atoms with E-state index in [2.05, 4.69) is 56.7 Å². The van der Waals surface area contributed by atoms with Crippen molar-refractivity contribution in [1.82, 2.24) is 9.97 Å². The second-order valence-electron chi connectivity index (χ2n) is 8.49. The predicted molar refractivity (Wildman–Crippen MR) is 104 cm³/mol. The summed E-state index contributed by atoms with van der Waals surface area (Å²) < 4.78 is 0. The second-order valence-corrected chi connectivity index (χ2v) is 8.49. The zero-order valence-electron chi connectivity index (χ0n) is 16.1. The Morgan fingerprint density at radius 2 is 1.54 bits per heavy atom. The van der Waals surface area contributed by atoms with Crippen LogP contribution < -0.4 is 0 Å². The number of benzene rings is 1. The van der Waals surface area contributed by atoms with E-state index in [1.807, 2.05) is 12.2 Å². The largest absolute Gasteiger partial charge is 0.478 e. The van der Waals surface area contributed by atoms with Gasteiger partial charge < -0.3 is 5.11 Å². The van der Waals surface area contributed by atoms with E-state index in [-0.39, 0.29) is 16.4 Å². The number of carboxylic acid groups (broad SMARTS) is 1. The third-order valence-corrected chi connectivity index (χ3v) is 5.57. The van der Waals surface area contributed by atoms with Crippen LogP contribution in [0.15, 0.2) is 24.5 Å². The fraction of sp³-hybridized carbons (Fsp3) is 0.409. The van der Waals surface area contributed by atoms with Crippen molar-refractivity contribution in [3.8, 4) is 0 Å². The first-order valence-corrected chi connectivity index (χ1v) is 8.99. The van der Waals surface area contributed by atoms with Gasteiger partial charge in [-0.2, -0.15) is 0 Å². The Bertz CT molecular complexity index is 878. The average molecular weight is 350 g/mol. The van der Waals surface area contributed by atoms with Crippen molar-refractivity contribution in [2.75, 3.05) is 0 Å². The summed E-state index contributed by atoms with van der Waals surface area (Å²) in [5, 5.41) is 8.93. The minimum Gasteiger partial charge on any atom is -0.478 e. The summed E-state index contributed by atoms with van der Waals surface area (Å²) in [6.07, 6.45) is 8.90. The highest BCUT2D eigenvalue weighted by atomic mass is 16.4. The lowest BCUT2D eigenvalue weighted by molar-refractivity contribution is 0.0696. The van der Waals surface area contributed by atoms with Gasteiger partial charge in [-0.1, -0.05) is 45.9 Å². The van der Waals surface area contributed by atoms with Crippen LogP contribution in [0, 0.1) is 6.92 Å². The quantitative estimate of drug-likeness (QED) is 0.846. The normalized spacial score (nSPS) is 17.9. The maximum atomic E-state index is 10.9. The fourth-order valence-electron chi connectivity index (χ4n) is 3.62. The van der Waals surface area contributed by atoms with Crippen molar-refractivity contribution in [3.05, 3.63) is 58.2 Å². The Hall–Kier alpha value is -2.49. The van der Waals surface area contributed by atoms with Crippen LogP contribution in [0.25, 0.3) is 12.2 Å². The standard InChI is InChI=1S/C22H26N2O2/c1-14-10-17-18(22(4,5)9-8-21(17,2)3)11-15(14)6-7-19-23-12-16(13-24-19)20(25)26/h6-7,10-13H,8-9H2,1-5H3,(H,25,26). The highest BCUT2D eigenvalue weighted by molar-refractivity contribution is 5.86. The topological polar surface area (TPSA) is 63.1 Å². The minimum atomic E-state index is -1.02. The summed E-state index contributed by atoms with van der Waals surface area (Å²) in [4.78, 5) is 19.1. The van der Waals surface area contributed by atoms with Crippen LogP contribution in [-0.4, -0.2) is 21.0 Å². The lowest BCUT2D eigenvalue weighted by atomic mass is 9.62. The average Bonchev–Trinajstić information content (AvgIpc) is 2.58. The summed E-state index contributed by atoms with van der Waals surface area (Å²) in [7, 11) is 0. The number of carbonyl (C=O) groups is 1. The van der Waals surface area contributed by atoms with Crippen molar-refractivity contribution in [1.29, 1.82) is 0 Å². The van der Waals surface area contributed by atoms with Crippen LogP contribution in [0.4, 0.5) is 0 Å². The zero-order chi connectivity index (χ0) is 19.1. The Morgan fingerprint density at radius 1 is 1.00 bits per heavy atom. The molecule has 0 fully saturated rings. The van der Waals surface area contributed by atoms with Gasteiger partial charge in [0.05, 0.1) is 5.56 Å². The van der Waals surface area contributed by atoms with E-state index >= 15 is 0 Å². The Balaban J connectivity index is 1.97. The van der Waals surface area contributed by atoms with E-state index in [9.17, 15) is 4.79 Å². The molecule has 1 aliphatic carbocycles. The molecule has 0 amide bonds. The molecule has 2 aromatic rings. The number of aryl methyl sites for hydroxylation is 1. The molecule has 0 saturated heterocycles. The number of fused-ring (bicyclic) bond motifs is 1. The van der Waals surface area contributed by atoms with Gasteiger partial charge in [0.2, 0.25) is 0 Å². The molecule has 1 N–H and O–H groups in total. The molecule has 26 heavy (non-hydrogen) atoms. The van der Waals surface area contributed by atoms with Crippen molar-refractivity contribution in [2.45, 2.75) is 58.3 Å². The fourth-order valence-corrected chi connectivity index (χ4v) is 3.62. The van der Waals surface area contributed by atoms with Crippen molar-refractivity contribution < 1.29 is 9.90 Å². The number of aromatic carboxylic acids is 1. The van der Waals surface area contributed by atoms with Gasteiger partial charge in [0.1, 0.15) is 0 Å². The molecule has 3 rings (SSSR count). The third-order valence-electron chi connectivity index (χ3n) is 5.57. The van der Waals surface area contributed by atoms with E-state index in [0.717, 1.165) is 5.56 Å². The molecule has 1 aromatic carbocycles. The van der Waals surface area contributed by atoms with Gasteiger partial charge in [-0.3, -0.25) is 0 Å². The maximum absolute atomic E-state index is 10.9. The molecule has 0 radical (unpaired) electrons. The first-order valence-electron chi connectivity index (χ1n) is 8.99. The summed E-state index contributed by atoms with van der Waals surface area (Å²) in [5.74, 6) is -0.511. The smallest absolute Gasteiger partial charge is 0.338 e. The molecule has 0 spiro atoms. The van der Waals surface area contributed by atoms with Crippen LogP contribution in [0.2, 0.25) is 0 Å². The first kappa shape index (κ1) is 18.3. The van der Waals surface area contributed by atoms with Gasteiger partial charge in [-0.15, -0.1) is 0 Å². The third kappa shape index (κ3) is 3.41. The number of aromatic nitrogens is 2. The van der Waals surface area contributed by atoms with E-state index in [4.69, 9.17) is 5.11 Å². The molecular formula is C22H26N2O2. The monoisotopic (exact) mass is 350 g/mol. The lowest BCUT2D eigenvalue weighted by Gasteiger charge is -2.42. The number of hydrogen-bond donors (Lipinski definition) is 1. The number of hydrogen-bond acceptors (Lipinski definition) is 3. The molecule has 0 bridgehead atoms. The summed E-state index contributed by atoms with van der Waals surface area (Å²) in [6, 6.07) is 4.62. The molecule has 1 aliphatic rings. The number of rotatable bonds is 3. The highest BCUT2D eigenvalue weighted by Gasteiger charge is 2.37. The first-order chi connectivity index (χ1) is 12.1. The van der Waals surface area contributed by atoms with Crippen LogP contribution in [0.1, 0.15) is 79.0 Å². The Kier molecular flexibility index (Phi) is 4.47. The van der Waals surface area contributed by atoms with Gasteiger partial charge >= 0.3 is 5.97 Å². The van der Waals surface area contributed by atoms with Crippen LogP contribution >= 0.6 is 0 Å². The zero-order valence-corrected chi connectivity index (χ0v) is 16.1. The van der Waals surface area contributed by atoms with Crippen molar-refractivity contribution >= 4 is 18.1 Å². The molecule has 1 heterocycles. The maximum Gasteiger partial charge on any atom is 0.338 e. The van der Waals surface area contributed by atoms with Gasteiger partial charge in [-0.05, 0) is 58.9 Å². The highest BCUT2D eigenvalue weighted by Crippen LogP contribution is 2.46. The van der Waals surface area contributed by atoms with Crippen LogP contribution in [0.3, 0.4) is 0 Å². The van der Waals surface area contributed by atoms with E-state index in [1.165, 1.54) is 41.9 Å². The van der Waals surface area contributed by atoms with Gasteiger partial charge in [0, 0.05) is 12.4 Å². The molecule has 0 unspecified atom stereocenters. The molecule has 0 aliphatic heterocycles. The van der Waals surface area contributed by atoms with Gasteiger partial charge in [0.25, 0.3) is 0 Å². The van der Waals surface area contributed by atoms with E-state index in [1.54, 1.807) is 0 Å². The molecule has 1 aromatic heterocycles.